The standard InChI is InChI=1S/C30H35F3N6O5S/c1-34-19-28(40)35-25-12-13-27(44-30(31,32)33)26(18-25)22-6-8-23(9-7-22)29(41)36-24-10-4-21(5-11-24)20-38-14-16-39(17-15-38)45(42,43)37(2)3/h4-13,18,34H,14-17,19-20H2,1-3H3,(H,35,40)(H,36,41). The number of halogens is 3. The topological polar surface area (TPSA) is 123 Å². The van der Waals surface area contributed by atoms with Crippen molar-refractivity contribution in [3.8, 4) is 16.9 Å². The van der Waals surface area contributed by atoms with Crippen LogP contribution in [-0.4, -0.2) is 94.0 Å². The number of nitrogens with zero attached hydrogens (tertiary/aromatic N) is 3. The normalized spacial score (nSPS) is 14.7. The van der Waals surface area contributed by atoms with Gasteiger partial charge in [0.1, 0.15) is 5.75 Å². The number of hydrogen-bond donors (Lipinski definition) is 3. The Hall–Kier alpha value is -4.02. The molecule has 2 amide bonds. The van der Waals surface area contributed by atoms with Crippen LogP contribution in [0.25, 0.3) is 11.1 Å². The summed E-state index contributed by atoms with van der Waals surface area (Å²) in [5, 5.41) is 8.11. The van der Waals surface area contributed by atoms with Gasteiger partial charge in [-0.2, -0.15) is 17.0 Å². The molecule has 1 aliphatic rings. The summed E-state index contributed by atoms with van der Waals surface area (Å²) in [4.78, 5) is 27.0. The zero-order valence-corrected chi connectivity index (χ0v) is 25.8. The molecule has 45 heavy (non-hydrogen) atoms. The molecule has 11 nitrogen and oxygen atoms in total. The van der Waals surface area contributed by atoms with Crippen molar-refractivity contribution >= 4 is 33.4 Å². The highest BCUT2D eigenvalue weighted by atomic mass is 32.2. The first kappa shape index (κ1) is 33.9. The van der Waals surface area contributed by atoms with Gasteiger partial charge in [0.2, 0.25) is 5.91 Å². The van der Waals surface area contributed by atoms with Crippen LogP contribution < -0.4 is 20.7 Å². The van der Waals surface area contributed by atoms with Crippen molar-refractivity contribution in [1.29, 1.82) is 0 Å². The van der Waals surface area contributed by atoms with E-state index in [4.69, 9.17) is 0 Å². The fourth-order valence-electron chi connectivity index (χ4n) is 4.72. The highest BCUT2D eigenvalue weighted by molar-refractivity contribution is 7.86. The van der Waals surface area contributed by atoms with E-state index >= 15 is 0 Å². The predicted molar refractivity (Wildman–Crippen MR) is 165 cm³/mol. The molecule has 1 fully saturated rings. The minimum Gasteiger partial charge on any atom is -0.405 e. The molecule has 0 saturated carbocycles. The SMILES string of the molecule is CNCC(=O)Nc1ccc(OC(F)(F)F)c(-c2ccc(C(=O)Nc3ccc(CN4CCN(S(=O)(=O)N(C)C)CC4)cc3)cc2)c1. The Morgan fingerprint density at radius 1 is 0.889 bits per heavy atom. The number of carbonyl (C=O) groups is 2. The van der Waals surface area contributed by atoms with E-state index in [2.05, 4.69) is 25.6 Å². The van der Waals surface area contributed by atoms with Crippen LogP contribution in [0.15, 0.2) is 66.7 Å². The van der Waals surface area contributed by atoms with E-state index in [1.54, 1.807) is 19.2 Å². The Bertz CT molecular complexity index is 1590. The molecular formula is C30H35F3N6O5S. The van der Waals surface area contributed by atoms with E-state index in [1.165, 1.54) is 59.1 Å². The van der Waals surface area contributed by atoms with Gasteiger partial charge in [0.25, 0.3) is 16.1 Å². The van der Waals surface area contributed by atoms with E-state index in [1.807, 2.05) is 12.1 Å². The van der Waals surface area contributed by atoms with Gasteiger partial charge in [0, 0.05) is 69.3 Å². The molecule has 0 radical (unpaired) electrons. The van der Waals surface area contributed by atoms with Gasteiger partial charge in [-0.3, -0.25) is 14.5 Å². The molecule has 3 aromatic carbocycles. The lowest BCUT2D eigenvalue weighted by Gasteiger charge is -2.35. The first-order valence-corrected chi connectivity index (χ1v) is 15.4. The average Bonchev–Trinajstić information content (AvgIpc) is 2.98. The number of benzene rings is 3. The largest absolute Gasteiger partial charge is 0.573 e. The third-order valence-electron chi connectivity index (χ3n) is 7.02. The summed E-state index contributed by atoms with van der Waals surface area (Å²) in [7, 11) is 1.19. The third kappa shape index (κ3) is 9.25. The van der Waals surface area contributed by atoms with Crippen LogP contribution in [0, 0.1) is 0 Å². The zero-order valence-electron chi connectivity index (χ0n) is 25.0. The fraction of sp³-hybridized carbons (Fsp3) is 0.333. The van der Waals surface area contributed by atoms with Gasteiger partial charge >= 0.3 is 6.36 Å². The Labute approximate surface area is 260 Å². The Kier molecular flexibility index (Phi) is 10.8. The minimum absolute atomic E-state index is 0.0194. The lowest BCUT2D eigenvalue weighted by molar-refractivity contribution is -0.274. The van der Waals surface area contributed by atoms with E-state index in [0.29, 0.717) is 44.0 Å². The van der Waals surface area contributed by atoms with Crippen LogP contribution >= 0.6 is 0 Å². The molecule has 0 aliphatic carbocycles. The molecule has 1 aliphatic heterocycles. The van der Waals surface area contributed by atoms with Crippen molar-refractivity contribution < 1.29 is 35.9 Å². The minimum atomic E-state index is -4.93. The number of ether oxygens (including phenoxy) is 1. The zero-order chi connectivity index (χ0) is 32.8. The maximum atomic E-state index is 13.1. The molecule has 15 heteroatoms. The van der Waals surface area contributed by atoms with E-state index in [-0.39, 0.29) is 29.3 Å². The van der Waals surface area contributed by atoms with Crippen molar-refractivity contribution in [3.05, 3.63) is 77.9 Å². The third-order valence-corrected chi connectivity index (χ3v) is 8.96. The van der Waals surface area contributed by atoms with Crippen LogP contribution in [0.1, 0.15) is 15.9 Å². The molecule has 0 aromatic heterocycles. The van der Waals surface area contributed by atoms with Crippen molar-refractivity contribution in [2.24, 2.45) is 0 Å². The molecule has 1 saturated heterocycles. The molecule has 242 valence electrons. The lowest BCUT2D eigenvalue weighted by Crippen LogP contribution is -2.51. The van der Waals surface area contributed by atoms with E-state index in [0.717, 1.165) is 11.6 Å². The van der Waals surface area contributed by atoms with Gasteiger partial charge in [0.15, 0.2) is 0 Å². The number of hydrogen-bond acceptors (Lipinski definition) is 7. The van der Waals surface area contributed by atoms with Crippen molar-refractivity contribution in [1.82, 2.24) is 18.8 Å². The molecule has 0 spiro atoms. The molecule has 3 aromatic rings. The summed E-state index contributed by atoms with van der Waals surface area (Å²) in [6.45, 7) is 2.66. The van der Waals surface area contributed by atoms with Crippen LogP contribution in [0.5, 0.6) is 5.75 Å². The Morgan fingerprint density at radius 2 is 1.51 bits per heavy atom. The number of rotatable bonds is 11. The average molecular weight is 649 g/mol. The second-order valence-electron chi connectivity index (χ2n) is 10.5. The van der Waals surface area contributed by atoms with Gasteiger partial charge in [-0.1, -0.05) is 24.3 Å². The van der Waals surface area contributed by atoms with Crippen LogP contribution in [0.2, 0.25) is 0 Å². The monoisotopic (exact) mass is 648 g/mol. The first-order chi connectivity index (χ1) is 21.2. The van der Waals surface area contributed by atoms with Crippen molar-refractivity contribution in [3.63, 3.8) is 0 Å². The maximum Gasteiger partial charge on any atom is 0.573 e. The summed E-state index contributed by atoms with van der Waals surface area (Å²) in [6.07, 6.45) is -4.93. The number of anilines is 2. The van der Waals surface area contributed by atoms with Crippen LogP contribution in [0.3, 0.4) is 0 Å². The van der Waals surface area contributed by atoms with Crippen molar-refractivity contribution in [2.75, 3.05) is 64.5 Å². The van der Waals surface area contributed by atoms with Crippen molar-refractivity contribution in [2.45, 2.75) is 12.9 Å². The molecule has 1 heterocycles. The smallest absolute Gasteiger partial charge is 0.405 e. The first-order valence-electron chi connectivity index (χ1n) is 14.0. The van der Waals surface area contributed by atoms with E-state index < -0.39 is 28.2 Å². The highest BCUT2D eigenvalue weighted by Crippen LogP contribution is 2.36. The van der Waals surface area contributed by atoms with Gasteiger partial charge in [-0.15, -0.1) is 13.2 Å². The van der Waals surface area contributed by atoms with Gasteiger partial charge < -0.3 is 20.7 Å². The number of carbonyl (C=O) groups excluding carboxylic acids is 2. The van der Waals surface area contributed by atoms with Crippen LogP contribution in [0.4, 0.5) is 24.5 Å². The van der Waals surface area contributed by atoms with E-state index in [9.17, 15) is 31.2 Å². The molecule has 3 N–H and O–H groups in total. The number of nitrogens with one attached hydrogen (secondary N) is 3. The highest BCUT2D eigenvalue weighted by Gasteiger charge is 2.32. The summed E-state index contributed by atoms with van der Waals surface area (Å²) >= 11 is 0. The Balaban J connectivity index is 1.39. The summed E-state index contributed by atoms with van der Waals surface area (Å²) in [5.74, 6) is -1.23. The number of alkyl halides is 3. The second kappa shape index (κ2) is 14.4. The summed E-state index contributed by atoms with van der Waals surface area (Å²) in [5.41, 5.74) is 2.55. The molecule has 0 unspecified atom stereocenters. The molecule has 0 atom stereocenters. The Morgan fingerprint density at radius 3 is 2.09 bits per heavy atom. The van der Waals surface area contributed by atoms with Gasteiger partial charge in [-0.25, -0.2) is 0 Å². The summed E-state index contributed by atoms with van der Waals surface area (Å²) < 4.78 is 70.7. The number of likely N-dealkylation sites (N-methyl/N-ethyl adjacent to an activating group) is 1. The van der Waals surface area contributed by atoms with Crippen LogP contribution in [-0.2, 0) is 21.5 Å². The molecule has 4 rings (SSSR count). The quantitative estimate of drug-likeness (QED) is 0.291. The summed E-state index contributed by atoms with van der Waals surface area (Å²) in [6, 6.07) is 17.1. The number of amides is 2. The molecule has 0 bridgehead atoms. The fourth-order valence-corrected chi connectivity index (χ4v) is 5.80. The molecular weight excluding hydrogens is 613 g/mol. The predicted octanol–water partition coefficient (Wildman–Crippen LogP) is 3.59. The second-order valence-corrected chi connectivity index (χ2v) is 12.7. The van der Waals surface area contributed by atoms with Gasteiger partial charge in [-0.05, 0) is 60.6 Å². The number of piperazine rings is 1. The maximum absolute atomic E-state index is 13.1. The van der Waals surface area contributed by atoms with Gasteiger partial charge in [0.05, 0.1) is 6.54 Å². The lowest BCUT2D eigenvalue weighted by atomic mass is 10.0.